The number of β-amino-alcohol motifs (C(OH)–C–C–N with tert-alkyl or cyclic N) is 1. The number of nitrogens with one attached hydrogen (secondary N) is 1. The van der Waals surface area contributed by atoms with Crippen LogP contribution in [0.25, 0.3) is 10.8 Å². The number of aromatic amines is 1. The first kappa shape index (κ1) is 19.9. The van der Waals surface area contributed by atoms with Crippen LogP contribution in [0.4, 0.5) is 10.1 Å². The molecule has 29 heavy (non-hydrogen) atoms. The minimum Gasteiger partial charge on any atom is -0.490 e. The number of rotatable bonds is 4. The molecule has 0 amide bonds. The molecule has 2 heterocycles. The molecular formula is C21H20BrFN2O4. The Labute approximate surface area is 174 Å². The topological polar surface area (TPSA) is 85.8 Å². The molecule has 0 radical (unpaired) electrons. The van der Waals surface area contributed by atoms with Crippen LogP contribution in [0.15, 0.2) is 57.9 Å². The van der Waals surface area contributed by atoms with E-state index in [-0.39, 0.29) is 25.1 Å². The molecule has 152 valence electrons. The number of ether oxygens (including phenoxy) is 1. The minimum atomic E-state index is -1.48. The van der Waals surface area contributed by atoms with Crippen molar-refractivity contribution in [2.75, 3.05) is 24.6 Å². The van der Waals surface area contributed by atoms with Crippen molar-refractivity contribution >= 4 is 32.4 Å². The zero-order valence-electron chi connectivity index (χ0n) is 15.4. The number of aliphatic hydroxyl groups is 2. The van der Waals surface area contributed by atoms with Gasteiger partial charge in [-0.25, -0.2) is 4.39 Å². The van der Waals surface area contributed by atoms with Crippen molar-refractivity contribution in [1.29, 1.82) is 0 Å². The number of aliphatic hydroxyl groups excluding tert-OH is 1. The number of pyridine rings is 1. The summed E-state index contributed by atoms with van der Waals surface area (Å²) in [5, 5.41) is 22.6. The molecule has 0 unspecified atom stereocenters. The van der Waals surface area contributed by atoms with Gasteiger partial charge in [-0.05, 0) is 42.8 Å². The number of hydrogen-bond donors (Lipinski definition) is 3. The van der Waals surface area contributed by atoms with Crippen LogP contribution in [-0.4, -0.2) is 46.6 Å². The number of piperidine rings is 1. The molecule has 0 bridgehead atoms. The lowest BCUT2D eigenvalue weighted by Crippen LogP contribution is -2.58. The fourth-order valence-corrected chi connectivity index (χ4v) is 3.94. The van der Waals surface area contributed by atoms with Gasteiger partial charge in [0.25, 0.3) is 5.56 Å². The van der Waals surface area contributed by atoms with Gasteiger partial charge in [0.2, 0.25) is 0 Å². The van der Waals surface area contributed by atoms with Gasteiger partial charge in [-0.1, -0.05) is 22.0 Å². The number of anilines is 1. The van der Waals surface area contributed by atoms with E-state index in [1.807, 2.05) is 0 Å². The van der Waals surface area contributed by atoms with Crippen LogP contribution in [-0.2, 0) is 0 Å². The van der Waals surface area contributed by atoms with E-state index in [2.05, 4.69) is 20.9 Å². The van der Waals surface area contributed by atoms with Crippen molar-refractivity contribution in [3.05, 3.63) is 69.3 Å². The monoisotopic (exact) mass is 462 g/mol. The summed E-state index contributed by atoms with van der Waals surface area (Å²) in [6.07, 6.45) is 0.610. The first-order chi connectivity index (χ1) is 13.9. The van der Waals surface area contributed by atoms with Gasteiger partial charge < -0.3 is 24.8 Å². The summed E-state index contributed by atoms with van der Waals surface area (Å²) in [6.45, 7) is 0.301. The van der Waals surface area contributed by atoms with E-state index >= 15 is 0 Å². The molecular weight excluding hydrogens is 443 g/mol. The lowest BCUT2D eigenvalue weighted by atomic mass is 9.89. The maximum absolute atomic E-state index is 14.2. The second-order valence-corrected chi connectivity index (χ2v) is 8.14. The SMILES string of the molecule is O=c1[nH]ccc2c(OC[C@]3(O)CCN(c4ccc(Br)cc4F)C[C@H]3O)cccc12. The summed E-state index contributed by atoms with van der Waals surface area (Å²) < 4.78 is 20.7. The molecule has 1 aliphatic rings. The summed E-state index contributed by atoms with van der Waals surface area (Å²) in [5.74, 6) is 0.0600. The minimum absolute atomic E-state index is 0.0770. The quantitative estimate of drug-likeness (QED) is 0.554. The normalized spacial score (nSPS) is 22.1. The summed E-state index contributed by atoms with van der Waals surface area (Å²) >= 11 is 3.23. The van der Waals surface area contributed by atoms with E-state index in [0.29, 0.717) is 33.2 Å². The Hall–Kier alpha value is -2.42. The number of aromatic nitrogens is 1. The van der Waals surface area contributed by atoms with Crippen molar-refractivity contribution in [1.82, 2.24) is 4.98 Å². The molecule has 0 aliphatic carbocycles. The maximum atomic E-state index is 14.2. The molecule has 4 rings (SSSR count). The molecule has 0 spiro atoms. The summed E-state index contributed by atoms with van der Waals surface area (Å²) in [7, 11) is 0. The first-order valence-corrected chi connectivity index (χ1v) is 10.0. The zero-order valence-corrected chi connectivity index (χ0v) is 17.0. The van der Waals surface area contributed by atoms with Gasteiger partial charge in [-0.2, -0.15) is 0 Å². The number of H-pyrrole nitrogens is 1. The smallest absolute Gasteiger partial charge is 0.255 e. The summed E-state index contributed by atoms with van der Waals surface area (Å²) in [4.78, 5) is 16.2. The van der Waals surface area contributed by atoms with Crippen LogP contribution in [0, 0.1) is 5.82 Å². The van der Waals surface area contributed by atoms with Crippen molar-refractivity contribution in [2.45, 2.75) is 18.1 Å². The second kappa shape index (κ2) is 7.78. The summed E-state index contributed by atoms with van der Waals surface area (Å²) in [6, 6.07) is 11.6. The number of hydrogen-bond acceptors (Lipinski definition) is 5. The predicted molar refractivity (Wildman–Crippen MR) is 112 cm³/mol. The Kier molecular flexibility index (Phi) is 5.33. The Morgan fingerprint density at radius 1 is 1.28 bits per heavy atom. The van der Waals surface area contributed by atoms with E-state index in [9.17, 15) is 19.4 Å². The number of nitrogens with zero attached hydrogens (tertiary/aromatic N) is 1. The van der Waals surface area contributed by atoms with Gasteiger partial charge in [0, 0.05) is 29.1 Å². The largest absolute Gasteiger partial charge is 0.490 e. The fraction of sp³-hybridized carbons (Fsp3) is 0.286. The van der Waals surface area contributed by atoms with Gasteiger partial charge >= 0.3 is 0 Å². The van der Waals surface area contributed by atoms with Crippen LogP contribution in [0.3, 0.4) is 0 Å². The maximum Gasteiger partial charge on any atom is 0.255 e. The molecule has 6 nitrogen and oxygen atoms in total. The molecule has 8 heteroatoms. The molecule has 1 aromatic heterocycles. The number of fused-ring (bicyclic) bond motifs is 1. The molecule has 1 saturated heterocycles. The third-order valence-corrected chi connectivity index (χ3v) is 5.82. The van der Waals surface area contributed by atoms with Gasteiger partial charge in [0.15, 0.2) is 0 Å². The van der Waals surface area contributed by atoms with Crippen LogP contribution in [0.2, 0.25) is 0 Å². The zero-order chi connectivity index (χ0) is 20.6. The van der Waals surface area contributed by atoms with Gasteiger partial charge in [0.05, 0.1) is 11.1 Å². The molecule has 1 aliphatic heterocycles. The molecule has 2 aromatic carbocycles. The standard InChI is InChI=1S/C21H20BrFN2O4/c22-13-4-5-17(16(23)10-13)25-9-7-21(28,19(26)11-25)12-29-18-3-1-2-15-14(18)6-8-24-20(15)27/h1-6,8,10,19,26,28H,7,9,11-12H2,(H,24,27)/t19-,21-/m1/s1. The van der Waals surface area contributed by atoms with Crippen LogP contribution >= 0.6 is 15.9 Å². The van der Waals surface area contributed by atoms with E-state index in [0.717, 1.165) is 0 Å². The van der Waals surface area contributed by atoms with E-state index in [1.54, 1.807) is 41.3 Å². The number of halogens is 2. The van der Waals surface area contributed by atoms with Crippen molar-refractivity contribution in [3.8, 4) is 5.75 Å². The highest BCUT2D eigenvalue weighted by Gasteiger charge is 2.42. The highest BCUT2D eigenvalue weighted by atomic mass is 79.9. The van der Waals surface area contributed by atoms with E-state index in [1.165, 1.54) is 12.3 Å². The molecule has 1 fully saturated rings. The molecule has 2 atom stereocenters. The highest BCUT2D eigenvalue weighted by Crippen LogP contribution is 2.31. The highest BCUT2D eigenvalue weighted by molar-refractivity contribution is 9.10. The average molecular weight is 463 g/mol. The van der Waals surface area contributed by atoms with Crippen molar-refractivity contribution in [2.24, 2.45) is 0 Å². The summed E-state index contributed by atoms with van der Waals surface area (Å²) in [5.41, 5.74) is -1.33. The Morgan fingerprint density at radius 3 is 2.86 bits per heavy atom. The molecule has 3 N–H and O–H groups in total. The first-order valence-electron chi connectivity index (χ1n) is 9.21. The Bertz CT molecular complexity index is 1110. The number of benzene rings is 2. The van der Waals surface area contributed by atoms with Crippen molar-refractivity contribution < 1.29 is 19.3 Å². The lowest BCUT2D eigenvalue weighted by Gasteiger charge is -2.42. The van der Waals surface area contributed by atoms with Crippen molar-refractivity contribution in [3.63, 3.8) is 0 Å². The molecule has 0 saturated carbocycles. The average Bonchev–Trinajstić information content (AvgIpc) is 2.69. The van der Waals surface area contributed by atoms with E-state index < -0.39 is 17.5 Å². The lowest BCUT2D eigenvalue weighted by molar-refractivity contribution is -0.108. The fourth-order valence-electron chi connectivity index (χ4n) is 3.61. The van der Waals surface area contributed by atoms with Gasteiger partial charge in [0.1, 0.15) is 29.9 Å². The Morgan fingerprint density at radius 2 is 2.10 bits per heavy atom. The van der Waals surface area contributed by atoms with Gasteiger partial charge in [-0.3, -0.25) is 4.79 Å². The second-order valence-electron chi connectivity index (χ2n) is 7.22. The van der Waals surface area contributed by atoms with Crippen LogP contribution in [0.1, 0.15) is 6.42 Å². The third kappa shape index (κ3) is 3.88. The predicted octanol–water partition coefficient (Wildman–Crippen LogP) is 2.81. The van der Waals surface area contributed by atoms with Crippen LogP contribution in [0.5, 0.6) is 5.75 Å². The van der Waals surface area contributed by atoms with Crippen LogP contribution < -0.4 is 15.2 Å². The third-order valence-electron chi connectivity index (χ3n) is 5.33. The Balaban J connectivity index is 1.49. The molecule has 3 aromatic rings. The van der Waals surface area contributed by atoms with E-state index in [4.69, 9.17) is 4.74 Å². The van der Waals surface area contributed by atoms with Gasteiger partial charge in [-0.15, -0.1) is 0 Å².